The zero-order valence-corrected chi connectivity index (χ0v) is 11.3. The standard InChI is InChI=1S/C15H20N2O/c1-4-6-12-7-9-13(10-8-12)17-14(18)15(3,5-2)11-16/h7-10H,4-6H2,1-3H3,(H,17,18). The summed E-state index contributed by atoms with van der Waals surface area (Å²) in [5, 5.41) is 11.8. The zero-order valence-electron chi connectivity index (χ0n) is 11.3. The summed E-state index contributed by atoms with van der Waals surface area (Å²) in [5.41, 5.74) is 1.05. The molecule has 1 amide bonds. The minimum absolute atomic E-state index is 0.240. The maximum absolute atomic E-state index is 12.0. The molecule has 0 saturated carbocycles. The molecule has 0 spiro atoms. The number of nitrogens with one attached hydrogen (secondary N) is 1. The minimum atomic E-state index is -0.956. The van der Waals surface area contributed by atoms with Crippen molar-refractivity contribution in [2.45, 2.75) is 40.0 Å². The number of carbonyl (C=O) groups excluding carboxylic acids is 1. The number of nitrogens with zero attached hydrogens (tertiary/aromatic N) is 1. The van der Waals surface area contributed by atoms with E-state index in [1.165, 1.54) is 5.56 Å². The molecule has 1 N–H and O–H groups in total. The van der Waals surface area contributed by atoms with Gasteiger partial charge in [-0.15, -0.1) is 0 Å². The summed E-state index contributed by atoms with van der Waals surface area (Å²) in [6, 6.07) is 9.86. The molecule has 96 valence electrons. The van der Waals surface area contributed by atoms with E-state index in [1.54, 1.807) is 6.92 Å². The van der Waals surface area contributed by atoms with E-state index in [0.29, 0.717) is 6.42 Å². The molecule has 1 atom stereocenters. The highest BCUT2D eigenvalue weighted by atomic mass is 16.2. The molecule has 0 aliphatic carbocycles. The molecule has 1 unspecified atom stereocenters. The fraction of sp³-hybridized carbons (Fsp3) is 0.467. The maximum atomic E-state index is 12.0. The molecule has 3 nitrogen and oxygen atoms in total. The van der Waals surface area contributed by atoms with Crippen LogP contribution in [0.5, 0.6) is 0 Å². The molecular weight excluding hydrogens is 224 g/mol. The number of carbonyl (C=O) groups is 1. The van der Waals surface area contributed by atoms with Crippen LogP contribution in [0, 0.1) is 16.7 Å². The molecule has 0 aliphatic heterocycles. The first kappa shape index (κ1) is 14.2. The number of aryl methyl sites for hydroxylation is 1. The Labute approximate surface area is 109 Å². The fourth-order valence-electron chi connectivity index (χ4n) is 1.60. The first-order valence-electron chi connectivity index (χ1n) is 6.37. The smallest absolute Gasteiger partial charge is 0.244 e. The number of rotatable bonds is 5. The summed E-state index contributed by atoms with van der Waals surface area (Å²) < 4.78 is 0. The van der Waals surface area contributed by atoms with Crippen LogP contribution in [0.25, 0.3) is 0 Å². The Morgan fingerprint density at radius 3 is 2.39 bits per heavy atom. The highest BCUT2D eigenvalue weighted by Gasteiger charge is 2.31. The molecule has 1 aromatic carbocycles. The maximum Gasteiger partial charge on any atom is 0.244 e. The number of anilines is 1. The molecule has 18 heavy (non-hydrogen) atoms. The van der Waals surface area contributed by atoms with Crippen molar-refractivity contribution in [3.63, 3.8) is 0 Å². The average molecular weight is 244 g/mol. The van der Waals surface area contributed by atoms with Gasteiger partial charge in [0.1, 0.15) is 5.41 Å². The van der Waals surface area contributed by atoms with Crippen LogP contribution in [0.4, 0.5) is 5.69 Å². The molecule has 0 bridgehead atoms. The predicted octanol–water partition coefficient (Wildman–Crippen LogP) is 3.52. The summed E-state index contributed by atoms with van der Waals surface area (Å²) in [6.07, 6.45) is 2.65. The van der Waals surface area contributed by atoms with Crippen LogP contribution in [-0.2, 0) is 11.2 Å². The normalized spacial score (nSPS) is 13.4. The second-order valence-electron chi connectivity index (χ2n) is 4.70. The van der Waals surface area contributed by atoms with Crippen molar-refractivity contribution < 1.29 is 4.79 Å². The second kappa shape index (κ2) is 6.20. The highest BCUT2D eigenvalue weighted by molar-refractivity contribution is 5.96. The van der Waals surface area contributed by atoms with Gasteiger partial charge < -0.3 is 5.32 Å². The van der Waals surface area contributed by atoms with Crippen molar-refractivity contribution in [3.8, 4) is 6.07 Å². The number of amides is 1. The van der Waals surface area contributed by atoms with Crippen molar-refractivity contribution in [3.05, 3.63) is 29.8 Å². The molecular formula is C15H20N2O. The Morgan fingerprint density at radius 2 is 1.94 bits per heavy atom. The van der Waals surface area contributed by atoms with Gasteiger partial charge in [-0.2, -0.15) is 5.26 Å². The lowest BCUT2D eigenvalue weighted by molar-refractivity contribution is -0.122. The van der Waals surface area contributed by atoms with Crippen molar-refractivity contribution in [2.75, 3.05) is 5.32 Å². The first-order valence-corrected chi connectivity index (χ1v) is 6.37. The Balaban J connectivity index is 2.74. The summed E-state index contributed by atoms with van der Waals surface area (Å²) >= 11 is 0. The molecule has 0 heterocycles. The van der Waals surface area contributed by atoms with E-state index >= 15 is 0 Å². The Kier molecular flexibility index (Phi) is 4.91. The second-order valence-corrected chi connectivity index (χ2v) is 4.70. The fourth-order valence-corrected chi connectivity index (χ4v) is 1.60. The van der Waals surface area contributed by atoms with Gasteiger partial charge in [0.2, 0.25) is 5.91 Å². The van der Waals surface area contributed by atoms with Crippen LogP contribution in [-0.4, -0.2) is 5.91 Å². The van der Waals surface area contributed by atoms with Crippen molar-refractivity contribution >= 4 is 11.6 Å². The molecule has 1 aromatic rings. The number of nitriles is 1. The van der Waals surface area contributed by atoms with Gasteiger partial charge in [0.15, 0.2) is 0 Å². The minimum Gasteiger partial charge on any atom is -0.325 e. The van der Waals surface area contributed by atoms with E-state index < -0.39 is 5.41 Å². The average Bonchev–Trinajstić information content (AvgIpc) is 2.40. The SMILES string of the molecule is CCCc1ccc(NC(=O)C(C)(C#N)CC)cc1. The van der Waals surface area contributed by atoms with E-state index in [1.807, 2.05) is 31.2 Å². The molecule has 0 saturated heterocycles. The molecule has 3 heteroatoms. The van der Waals surface area contributed by atoms with Gasteiger partial charge in [0.25, 0.3) is 0 Å². The van der Waals surface area contributed by atoms with Crippen molar-refractivity contribution in [2.24, 2.45) is 5.41 Å². The zero-order chi connectivity index (χ0) is 13.6. The predicted molar refractivity (Wildman–Crippen MR) is 73.1 cm³/mol. The Hall–Kier alpha value is -1.82. The lowest BCUT2D eigenvalue weighted by Gasteiger charge is -2.18. The van der Waals surface area contributed by atoms with Gasteiger partial charge in [0, 0.05) is 5.69 Å². The van der Waals surface area contributed by atoms with E-state index in [0.717, 1.165) is 18.5 Å². The number of hydrogen-bond donors (Lipinski definition) is 1. The monoisotopic (exact) mass is 244 g/mol. The van der Waals surface area contributed by atoms with Crippen LogP contribution in [0.2, 0.25) is 0 Å². The van der Waals surface area contributed by atoms with Gasteiger partial charge >= 0.3 is 0 Å². The summed E-state index contributed by atoms with van der Waals surface area (Å²) in [5.74, 6) is -0.240. The van der Waals surface area contributed by atoms with E-state index in [9.17, 15) is 4.79 Å². The van der Waals surface area contributed by atoms with E-state index in [4.69, 9.17) is 5.26 Å². The highest BCUT2D eigenvalue weighted by Crippen LogP contribution is 2.22. The summed E-state index contributed by atoms with van der Waals surface area (Å²) in [7, 11) is 0. The van der Waals surface area contributed by atoms with Crippen LogP contribution >= 0.6 is 0 Å². The van der Waals surface area contributed by atoms with Crippen LogP contribution in [0.1, 0.15) is 39.2 Å². The van der Waals surface area contributed by atoms with Crippen LogP contribution in [0.3, 0.4) is 0 Å². The van der Waals surface area contributed by atoms with Crippen molar-refractivity contribution in [1.82, 2.24) is 0 Å². The number of hydrogen-bond acceptors (Lipinski definition) is 2. The third-order valence-electron chi connectivity index (χ3n) is 3.21. The third-order valence-corrected chi connectivity index (χ3v) is 3.21. The van der Waals surface area contributed by atoms with Crippen molar-refractivity contribution in [1.29, 1.82) is 5.26 Å². The molecule has 0 aliphatic rings. The van der Waals surface area contributed by atoms with E-state index in [2.05, 4.69) is 18.3 Å². The molecule has 1 rings (SSSR count). The number of benzene rings is 1. The first-order chi connectivity index (χ1) is 8.55. The largest absolute Gasteiger partial charge is 0.325 e. The Morgan fingerprint density at radius 1 is 1.33 bits per heavy atom. The van der Waals surface area contributed by atoms with Gasteiger partial charge in [-0.1, -0.05) is 32.4 Å². The van der Waals surface area contributed by atoms with Gasteiger partial charge in [-0.3, -0.25) is 4.79 Å². The van der Waals surface area contributed by atoms with Gasteiger partial charge in [-0.05, 0) is 37.5 Å². The lowest BCUT2D eigenvalue weighted by Crippen LogP contribution is -2.31. The van der Waals surface area contributed by atoms with Gasteiger partial charge in [0.05, 0.1) is 6.07 Å². The topological polar surface area (TPSA) is 52.9 Å². The van der Waals surface area contributed by atoms with Gasteiger partial charge in [-0.25, -0.2) is 0 Å². The van der Waals surface area contributed by atoms with E-state index in [-0.39, 0.29) is 5.91 Å². The third kappa shape index (κ3) is 3.33. The molecule has 0 fully saturated rings. The van der Waals surface area contributed by atoms with Crippen LogP contribution < -0.4 is 5.32 Å². The Bertz CT molecular complexity index is 445. The summed E-state index contributed by atoms with van der Waals surface area (Å²) in [4.78, 5) is 12.0. The summed E-state index contributed by atoms with van der Waals surface area (Å²) in [6.45, 7) is 5.64. The lowest BCUT2D eigenvalue weighted by atomic mass is 9.88. The quantitative estimate of drug-likeness (QED) is 0.861. The molecule has 0 aromatic heterocycles. The van der Waals surface area contributed by atoms with Crippen LogP contribution in [0.15, 0.2) is 24.3 Å². The molecule has 0 radical (unpaired) electrons.